The van der Waals surface area contributed by atoms with Crippen LogP contribution < -0.4 is 20.7 Å². The first-order valence-corrected chi connectivity index (χ1v) is 9.69. The van der Waals surface area contributed by atoms with Crippen molar-refractivity contribution < 1.29 is 32.6 Å². The second kappa shape index (κ2) is 9.02. The summed E-state index contributed by atoms with van der Waals surface area (Å²) >= 11 is 0. The van der Waals surface area contributed by atoms with Gasteiger partial charge in [-0.3, -0.25) is 5.32 Å². The second-order valence-electron chi connectivity index (χ2n) is 6.95. The van der Waals surface area contributed by atoms with Crippen molar-refractivity contribution in [1.29, 1.82) is 0 Å². The summed E-state index contributed by atoms with van der Waals surface area (Å²) in [6.45, 7) is 0. The zero-order chi connectivity index (χ0) is 24.3. The molecule has 1 heterocycles. The summed E-state index contributed by atoms with van der Waals surface area (Å²) in [6, 6.07) is 14.9. The number of carboxylic acid groups (broad SMARTS) is 1. The smallest absolute Gasteiger partial charge is 0.418 e. The molecule has 3 aromatic carbocycles. The number of carbonyl (C=O) groups is 2. The van der Waals surface area contributed by atoms with Gasteiger partial charge in [-0.05, 0) is 36.4 Å². The number of imidazole rings is 1. The van der Waals surface area contributed by atoms with Crippen molar-refractivity contribution in [3.05, 3.63) is 72.3 Å². The average molecular weight is 471 g/mol. The maximum atomic E-state index is 13.1. The zero-order valence-electron chi connectivity index (χ0n) is 17.1. The number of hydrogen-bond acceptors (Lipinski definition) is 4. The highest BCUT2D eigenvalue weighted by atomic mass is 19.4. The highest BCUT2D eigenvalue weighted by Gasteiger charge is 2.33. The number of ether oxygens (including phenoxy) is 1. The van der Waals surface area contributed by atoms with Crippen molar-refractivity contribution >= 4 is 40.5 Å². The van der Waals surface area contributed by atoms with Gasteiger partial charge in [0.15, 0.2) is 0 Å². The number of H-pyrrole nitrogens is 1. The number of halogens is 3. The molecule has 0 saturated heterocycles. The van der Waals surface area contributed by atoms with Crippen LogP contribution in [-0.4, -0.2) is 27.2 Å². The summed E-state index contributed by atoms with van der Waals surface area (Å²) in [6.07, 6.45) is -5.87. The minimum atomic E-state index is -4.61. The molecule has 0 aliphatic carbocycles. The molecule has 174 valence electrons. The minimum Gasteiger partial charge on any atom is -0.465 e. The van der Waals surface area contributed by atoms with Crippen LogP contribution in [-0.2, 0) is 6.18 Å². The molecule has 12 heteroatoms. The lowest BCUT2D eigenvalue weighted by atomic mass is 10.1. The Labute approximate surface area is 189 Å². The number of rotatable bonds is 5. The molecule has 9 nitrogen and oxygen atoms in total. The Morgan fingerprint density at radius 1 is 0.912 bits per heavy atom. The molecular formula is C22H16F3N5O4. The fourth-order valence-corrected chi connectivity index (χ4v) is 3.11. The number of fused-ring (bicyclic) bond motifs is 1. The lowest BCUT2D eigenvalue weighted by Crippen LogP contribution is -2.21. The van der Waals surface area contributed by atoms with Crippen molar-refractivity contribution in [3.63, 3.8) is 0 Å². The number of carbonyl (C=O) groups excluding carboxylic acids is 1. The highest BCUT2D eigenvalue weighted by molar-refractivity contribution is 6.00. The number of nitrogens with zero attached hydrogens (tertiary/aromatic N) is 1. The fraction of sp³-hybridized carbons (Fsp3) is 0.0455. The molecule has 3 amide bonds. The molecule has 0 aliphatic heterocycles. The number of benzene rings is 3. The number of alkyl halides is 3. The maximum Gasteiger partial charge on any atom is 0.418 e. The van der Waals surface area contributed by atoms with Crippen LogP contribution in [0, 0.1) is 0 Å². The number of nitrogens with one attached hydrogen (secondary N) is 4. The summed E-state index contributed by atoms with van der Waals surface area (Å²) in [4.78, 5) is 29.9. The van der Waals surface area contributed by atoms with E-state index < -0.39 is 23.9 Å². The first-order chi connectivity index (χ1) is 16.2. The van der Waals surface area contributed by atoms with Crippen LogP contribution in [0.25, 0.3) is 11.0 Å². The number of anilines is 3. The van der Waals surface area contributed by atoms with Gasteiger partial charge in [0.05, 0.1) is 22.3 Å². The average Bonchev–Trinajstić information content (AvgIpc) is 3.14. The maximum absolute atomic E-state index is 13.1. The topological polar surface area (TPSA) is 128 Å². The van der Waals surface area contributed by atoms with Gasteiger partial charge >= 0.3 is 18.3 Å². The van der Waals surface area contributed by atoms with E-state index in [0.29, 0.717) is 22.5 Å². The molecule has 0 saturated carbocycles. The number of para-hydroxylation sites is 1. The first-order valence-electron chi connectivity index (χ1n) is 9.69. The fourth-order valence-electron chi connectivity index (χ4n) is 3.11. The van der Waals surface area contributed by atoms with Gasteiger partial charge in [-0.1, -0.05) is 18.2 Å². The van der Waals surface area contributed by atoms with Crippen molar-refractivity contribution in [2.75, 3.05) is 16.0 Å². The van der Waals surface area contributed by atoms with Crippen molar-refractivity contribution in [1.82, 2.24) is 9.97 Å². The lowest BCUT2D eigenvalue weighted by Gasteiger charge is -2.14. The monoisotopic (exact) mass is 471 g/mol. The van der Waals surface area contributed by atoms with Crippen LogP contribution in [0.1, 0.15) is 5.56 Å². The van der Waals surface area contributed by atoms with Crippen molar-refractivity contribution in [2.45, 2.75) is 6.18 Å². The van der Waals surface area contributed by atoms with E-state index in [1.165, 1.54) is 18.2 Å². The quantitative estimate of drug-likeness (QED) is 0.240. The Hall–Kier alpha value is -4.74. The van der Waals surface area contributed by atoms with Crippen LogP contribution >= 0.6 is 0 Å². The third-order valence-corrected chi connectivity index (χ3v) is 4.49. The standard InChI is InChI=1S/C22H16F3N5O4/c23-22(24,25)15-6-1-2-7-16(15)29-20(31)26-12-4-3-5-13(10-12)34-14-8-9-17-18(11-14)28-19(27-17)30-21(32)33/h1-11H,(H,32,33)(H2,26,29,31)(H2,27,28,30). The molecule has 0 bridgehead atoms. The van der Waals surface area contributed by atoms with Crippen LogP contribution in [0.5, 0.6) is 11.5 Å². The van der Waals surface area contributed by atoms with E-state index in [2.05, 4.69) is 25.9 Å². The number of aromatic amines is 1. The molecule has 1 aromatic heterocycles. The Kier molecular flexibility index (Phi) is 5.95. The van der Waals surface area contributed by atoms with Crippen LogP contribution in [0.3, 0.4) is 0 Å². The Bertz CT molecular complexity index is 1370. The molecule has 0 aliphatic rings. The van der Waals surface area contributed by atoms with Crippen LogP contribution in [0.4, 0.5) is 40.1 Å². The summed E-state index contributed by atoms with van der Waals surface area (Å²) in [5.74, 6) is 0.790. The van der Waals surface area contributed by atoms with Gasteiger partial charge in [-0.2, -0.15) is 13.2 Å². The summed E-state index contributed by atoms with van der Waals surface area (Å²) in [5, 5.41) is 15.6. The molecule has 0 fully saturated rings. The van der Waals surface area contributed by atoms with Gasteiger partial charge in [0.25, 0.3) is 0 Å². The van der Waals surface area contributed by atoms with E-state index >= 15 is 0 Å². The predicted molar refractivity (Wildman–Crippen MR) is 118 cm³/mol. The van der Waals surface area contributed by atoms with E-state index in [1.54, 1.807) is 36.4 Å². The Morgan fingerprint density at radius 3 is 2.44 bits per heavy atom. The van der Waals surface area contributed by atoms with E-state index in [4.69, 9.17) is 9.84 Å². The van der Waals surface area contributed by atoms with Gasteiger partial charge < -0.3 is 25.5 Å². The summed E-state index contributed by atoms with van der Waals surface area (Å²) < 4.78 is 45.1. The predicted octanol–water partition coefficient (Wildman–Crippen LogP) is 6.11. The van der Waals surface area contributed by atoms with Gasteiger partial charge in [0.1, 0.15) is 11.5 Å². The molecule has 4 rings (SSSR count). The summed E-state index contributed by atoms with van der Waals surface area (Å²) in [7, 11) is 0. The third kappa shape index (κ3) is 5.35. The van der Waals surface area contributed by atoms with Crippen molar-refractivity contribution in [3.8, 4) is 11.5 Å². The molecular weight excluding hydrogens is 455 g/mol. The van der Waals surface area contributed by atoms with Crippen LogP contribution in [0.2, 0.25) is 0 Å². The number of aromatic nitrogens is 2. The number of urea groups is 1. The van der Waals surface area contributed by atoms with E-state index in [0.717, 1.165) is 12.1 Å². The van der Waals surface area contributed by atoms with Gasteiger partial charge in [-0.25, -0.2) is 14.6 Å². The zero-order valence-corrected chi connectivity index (χ0v) is 17.1. The van der Waals surface area contributed by atoms with E-state index in [1.807, 2.05) is 0 Å². The normalized spacial score (nSPS) is 11.1. The van der Waals surface area contributed by atoms with E-state index in [9.17, 15) is 22.8 Å². The molecule has 5 N–H and O–H groups in total. The van der Waals surface area contributed by atoms with Crippen LogP contribution in [0.15, 0.2) is 66.7 Å². The molecule has 0 spiro atoms. The highest BCUT2D eigenvalue weighted by Crippen LogP contribution is 2.34. The molecule has 0 unspecified atom stereocenters. The van der Waals surface area contributed by atoms with Gasteiger partial charge in [-0.15, -0.1) is 0 Å². The largest absolute Gasteiger partial charge is 0.465 e. The first kappa shape index (κ1) is 22.5. The molecule has 0 atom stereocenters. The SMILES string of the molecule is O=C(O)Nc1nc2cc(Oc3cccc(NC(=O)Nc4ccccc4C(F)(F)F)c3)ccc2[nH]1. The molecule has 4 aromatic rings. The Morgan fingerprint density at radius 2 is 1.68 bits per heavy atom. The minimum absolute atomic E-state index is 0.0592. The lowest BCUT2D eigenvalue weighted by molar-refractivity contribution is -0.136. The molecule has 0 radical (unpaired) electrons. The molecule has 34 heavy (non-hydrogen) atoms. The van der Waals surface area contributed by atoms with E-state index in [-0.39, 0.29) is 17.3 Å². The van der Waals surface area contributed by atoms with Gasteiger partial charge in [0, 0.05) is 17.8 Å². The Balaban J connectivity index is 1.45. The van der Waals surface area contributed by atoms with Gasteiger partial charge in [0.2, 0.25) is 5.95 Å². The summed E-state index contributed by atoms with van der Waals surface area (Å²) in [5.41, 5.74) is -0.00415. The van der Waals surface area contributed by atoms with Crippen molar-refractivity contribution in [2.24, 2.45) is 0 Å². The second-order valence-corrected chi connectivity index (χ2v) is 6.95. The number of hydrogen-bond donors (Lipinski definition) is 5. The number of amides is 3. The third-order valence-electron chi connectivity index (χ3n) is 4.49.